The van der Waals surface area contributed by atoms with Gasteiger partial charge in [0, 0.05) is 17.9 Å². The van der Waals surface area contributed by atoms with E-state index in [0.717, 1.165) is 0 Å². The minimum atomic E-state index is -0.206. The Labute approximate surface area is 190 Å². The molecule has 0 radical (unpaired) electrons. The molecular formula is C21H18N4O3S3. The van der Waals surface area contributed by atoms with Gasteiger partial charge in [-0.15, -0.1) is 22.7 Å². The zero-order valence-corrected chi connectivity index (χ0v) is 18.9. The zero-order valence-electron chi connectivity index (χ0n) is 16.5. The average molecular weight is 471 g/mol. The molecule has 3 aromatic heterocycles. The number of nitrogens with one attached hydrogen (secondary N) is 2. The Morgan fingerprint density at radius 1 is 1.03 bits per heavy atom. The van der Waals surface area contributed by atoms with Gasteiger partial charge in [0.2, 0.25) is 5.91 Å². The van der Waals surface area contributed by atoms with Crippen LogP contribution in [0.15, 0.2) is 63.2 Å². The predicted octanol–water partition coefficient (Wildman–Crippen LogP) is 4.52. The van der Waals surface area contributed by atoms with Crippen LogP contribution >= 0.6 is 34.4 Å². The van der Waals surface area contributed by atoms with Gasteiger partial charge < -0.3 is 10.6 Å². The maximum Gasteiger partial charge on any atom is 0.272 e. The van der Waals surface area contributed by atoms with Gasteiger partial charge in [-0.3, -0.25) is 19.0 Å². The Morgan fingerprint density at radius 3 is 2.45 bits per heavy atom. The van der Waals surface area contributed by atoms with Crippen LogP contribution in [0, 0.1) is 0 Å². The van der Waals surface area contributed by atoms with Gasteiger partial charge in [0.15, 0.2) is 5.16 Å². The summed E-state index contributed by atoms with van der Waals surface area (Å²) >= 11 is 3.97. The van der Waals surface area contributed by atoms with E-state index in [-0.39, 0.29) is 23.1 Å². The number of nitrogens with zero attached hydrogens (tertiary/aromatic N) is 2. The summed E-state index contributed by atoms with van der Waals surface area (Å²) in [5.74, 6) is -0.248. The predicted molar refractivity (Wildman–Crippen MR) is 128 cm³/mol. The molecule has 31 heavy (non-hydrogen) atoms. The number of thioether (sulfide) groups is 1. The van der Waals surface area contributed by atoms with Crippen molar-refractivity contribution in [3.8, 4) is 0 Å². The molecule has 4 rings (SSSR count). The van der Waals surface area contributed by atoms with Crippen molar-refractivity contribution < 1.29 is 9.59 Å². The third-order valence-electron chi connectivity index (χ3n) is 4.35. The number of hydrogen-bond acceptors (Lipinski definition) is 7. The molecule has 1 aromatic carbocycles. The summed E-state index contributed by atoms with van der Waals surface area (Å²) in [6, 6.07) is 12.3. The molecule has 0 atom stereocenters. The zero-order chi connectivity index (χ0) is 21.8. The van der Waals surface area contributed by atoms with E-state index >= 15 is 0 Å². The van der Waals surface area contributed by atoms with Gasteiger partial charge in [-0.1, -0.05) is 17.8 Å². The highest BCUT2D eigenvalue weighted by atomic mass is 32.2. The van der Waals surface area contributed by atoms with E-state index in [2.05, 4.69) is 15.6 Å². The van der Waals surface area contributed by atoms with Crippen molar-refractivity contribution in [1.82, 2.24) is 9.55 Å². The lowest BCUT2D eigenvalue weighted by Gasteiger charge is -2.10. The fourth-order valence-electron chi connectivity index (χ4n) is 2.88. The van der Waals surface area contributed by atoms with Crippen LogP contribution in [0.4, 0.5) is 11.4 Å². The summed E-state index contributed by atoms with van der Waals surface area (Å²) in [4.78, 5) is 42.2. The standard InChI is InChI=1S/C21H18N4O3S3/c1-2-25-20(28)18-15(9-11-30-18)24-21(25)31-12-17(26)22-13-5-7-14(8-6-13)23-19(27)16-4-3-10-29-16/h3-11H,2,12H2,1H3,(H,22,26)(H,23,27). The summed E-state index contributed by atoms with van der Waals surface area (Å²) in [5, 5.41) is 9.85. The third kappa shape index (κ3) is 4.87. The normalized spacial score (nSPS) is 10.9. The molecule has 0 unspecified atom stereocenters. The lowest BCUT2D eigenvalue weighted by atomic mass is 10.2. The Hall–Kier alpha value is -2.95. The smallest absolute Gasteiger partial charge is 0.272 e. The number of thiophene rings is 2. The molecule has 2 N–H and O–H groups in total. The molecule has 0 aliphatic heterocycles. The number of hydrogen-bond donors (Lipinski definition) is 2. The number of aromatic nitrogens is 2. The number of fused-ring (bicyclic) bond motifs is 1. The van der Waals surface area contributed by atoms with Crippen molar-refractivity contribution in [3.63, 3.8) is 0 Å². The molecule has 10 heteroatoms. The van der Waals surface area contributed by atoms with Crippen molar-refractivity contribution >= 4 is 67.8 Å². The molecule has 158 valence electrons. The van der Waals surface area contributed by atoms with E-state index in [1.807, 2.05) is 29.8 Å². The van der Waals surface area contributed by atoms with Crippen LogP contribution < -0.4 is 16.2 Å². The SMILES string of the molecule is CCn1c(SCC(=O)Nc2ccc(NC(=O)c3cccs3)cc2)nc2ccsc2c1=O. The summed E-state index contributed by atoms with van der Waals surface area (Å²) in [6.45, 7) is 2.37. The molecule has 0 aliphatic carbocycles. The summed E-state index contributed by atoms with van der Waals surface area (Å²) in [7, 11) is 0. The highest BCUT2D eigenvalue weighted by Gasteiger charge is 2.13. The first kappa shape index (κ1) is 21.3. The molecule has 0 saturated carbocycles. The molecule has 0 fully saturated rings. The van der Waals surface area contributed by atoms with Crippen LogP contribution in [0.1, 0.15) is 16.6 Å². The number of anilines is 2. The van der Waals surface area contributed by atoms with Crippen LogP contribution in [-0.4, -0.2) is 27.1 Å². The minimum Gasteiger partial charge on any atom is -0.325 e. The Bertz CT molecular complexity index is 1280. The van der Waals surface area contributed by atoms with Crippen LogP contribution in [0.5, 0.6) is 0 Å². The van der Waals surface area contributed by atoms with E-state index < -0.39 is 0 Å². The fourth-order valence-corrected chi connectivity index (χ4v) is 5.14. The number of rotatable bonds is 7. The first-order chi connectivity index (χ1) is 15.0. The maximum atomic E-state index is 12.6. The fraction of sp³-hybridized carbons (Fsp3) is 0.143. The Kier molecular flexibility index (Phi) is 6.50. The Balaban J connectivity index is 1.36. The van der Waals surface area contributed by atoms with E-state index in [1.165, 1.54) is 34.4 Å². The topological polar surface area (TPSA) is 93.1 Å². The van der Waals surface area contributed by atoms with Crippen LogP contribution in [0.25, 0.3) is 10.2 Å². The van der Waals surface area contributed by atoms with Gasteiger partial charge in [-0.25, -0.2) is 4.98 Å². The second kappa shape index (κ2) is 9.46. The van der Waals surface area contributed by atoms with Crippen molar-refractivity contribution in [2.45, 2.75) is 18.6 Å². The van der Waals surface area contributed by atoms with E-state index in [4.69, 9.17) is 0 Å². The van der Waals surface area contributed by atoms with Crippen LogP contribution in [0.2, 0.25) is 0 Å². The van der Waals surface area contributed by atoms with Gasteiger partial charge >= 0.3 is 0 Å². The van der Waals surface area contributed by atoms with Gasteiger partial charge in [0.05, 0.1) is 16.1 Å². The lowest BCUT2D eigenvalue weighted by Crippen LogP contribution is -2.22. The quantitative estimate of drug-likeness (QED) is 0.306. The number of benzene rings is 1. The first-order valence-corrected chi connectivity index (χ1v) is 12.1. The summed E-state index contributed by atoms with van der Waals surface area (Å²) in [5.41, 5.74) is 1.84. The highest BCUT2D eigenvalue weighted by Crippen LogP contribution is 2.21. The van der Waals surface area contributed by atoms with Crippen molar-refractivity contribution in [2.75, 3.05) is 16.4 Å². The highest BCUT2D eigenvalue weighted by molar-refractivity contribution is 7.99. The summed E-state index contributed by atoms with van der Waals surface area (Å²) in [6.07, 6.45) is 0. The molecule has 0 aliphatic rings. The first-order valence-electron chi connectivity index (χ1n) is 9.40. The molecule has 0 saturated heterocycles. The number of amides is 2. The third-order valence-corrected chi connectivity index (χ3v) is 7.09. The number of carbonyl (C=O) groups excluding carboxylic acids is 2. The van der Waals surface area contributed by atoms with Crippen molar-refractivity contribution in [1.29, 1.82) is 0 Å². The molecule has 7 nitrogen and oxygen atoms in total. The molecule has 3 heterocycles. The van der Waals surface area contributed by atoms with Gasteiger partial charge in [-0.2, -0.15) is 0 Å². The van der Waals surface area contributed by atoms with E-state index in [0.29, 0.717) is 38.2 Å². The second-order valence-corrected chi connectivity index (χ2v) is 9.23. The van der Waals surface area contributed by atoms with Gasteiger partial charge in [0.25, 0.3) is 11.5 Å². The average Bonchev–Trinajstić information content (AvgIpc) is 3.46. The monoisotopic (exact) mass is 470 g/mol. The maximum absolute atomic E-state index is 12.6. The van der Waals surface area contributed by atoms with Crippen molar-refractivity contribution in [2.24, 2.45) is 0 Å². The molecule has 0 bridgehead atoms. The summed E-state index contributed by atoms with van der Waals surface area (Å²) < 4.78 is 2.21. The molecule has 4 aromatic rings. The van der Waals surface area contributed by atoms with Crippen LogP contribution in [0.3, 0.4) is 0 Å². The molecular weight excluding hydrogens is 452 g/mol. The Morgan fingerprint density at radius 2 is 1.77 bits per heavy atom. The van der Waals surface area contributed by atoms with Crippen LogP contribution in [-0.2, 0) is 11.3 Å². The molecule has 0 spiro atoms. The molecule has 2 amide bonds. The van der Waals surface area contributed by atoms with E-state index in [9.17, 15) is 14.4 Å². The van der Waals surface area contributed by atoms with Gasteiger partial charge in [-0.05, 0) is 54.1 Å². The minimum absolute atomic E-state index is 0.0782. The van der Waals surface area contributed by atoms with E-state index in [1.54, 1.807) is 34.9 Å². The lowest BCUT2D eigenvalue weighted by molar-refractivity contribution is -0.113. The largest absolute Gasteiger partial charge is 0.325 e. The van der Waals surface area contributed by atoms with Gasteiger partial charge in [0.1, 0.15) is 4.70 Å². The van der Waals surface area contributed by atoms with Crippen molar-refractivity contribution in [3.05, 3.63) is 68.5 Å². The number of carbonyl (C=O) groups is 2. The second-order valence-electron chi connectivity index (χ2n) is 6.42.